The predicted octanol–water partition coefficient (Wildman–Crippen LogP) is 0.750. The molecule has 0 saturated carbocycles. The number of hydrogen-bond acceptors (Lipinski definition) is 8. The first-order valence-corrected chi connectivity index (χ1v) is 6.03. The van der Waals surface area contributed by atoms with E-state index in [4.69, 9.17) is 5.11 Å². The summed E-state index contributed by atoms with van der Waals surface area (Å²) < 4.78 is 0. The number of non-ortho nitro benzene ring substituents is 1. The summed E-state index contributed by atoms with van der Waals surface area (Å²) in [6.07, 6.45) is 0. The Morgan fingerprint density at radius 2 is 1.33 bits per heavy atom. The molecule has 0 aliphatic carbocycles. The van der Waals surface area contributed by atoms with Crippen molar-refractivity contribution in [2.45, 2.75) is 0 Å². The molecule has 2 aromatic rings. The first-order chi connectivity index (χ1) is 11.1. The van der Waals surface area contributed by atoms with Crippen LogP contribution >= 0.6 is 0 Å². The Bertz CT molecular complexity index is 751. The number of nitro groups is 3. The Labute approximate surface area is 132 Å². The van der Waals surface area contributed by atoms with Crippen LogP contribution < -0.4 is 10.8 Å². The Morgan fingerprint density at radius 1 is 0.875 bits per heavy atom. The molecule has 0 heterocycles. The largest absolute Gasteiger partial charge is 0.863 e. The molecule has 2 aromatic carbocycles. The topological polar surface area (TPSA) is 200 Å². The van der Waals surface area contributed by atoms with Crippen LogP contribution in [0.25, 0.3) is 0 Å². The van der Waals surface area contributed by atoms with Gasteiger partial charge in [-0.25, -0.2) is 0 Å². The van der Waals surface area contributed by atoms with E-state index in [1.54, 1.807) is 18.2 Å². The van der Waals surface area contributed by atoms with Gasteiger partial charge in [0.2, 0.25) is 0 Å². The zero-order chi connectivity index (χ0) is 18.4. The first kappa shape index (κ1) is 18.2. The van der Waals surface area contributed by atoms with Crippen molar-refractivity contribution in [1.82, 2.24) is 0 Å². The summed E-state index contributed by atoms with van der Waals surface area (Å²) in [5.74, 6) is -1.20. The lowest BCUT2D eigenvalue weighted by Crippen LogP contribution is -2.39. The number of rotatable bonds is 3. The van der Waals surface area contributed by atoms with Gasteiger partial charge in [0.15, 0.2) is 11.4 Å². The van der Waals surface area contributed by atoms with Crippen molar-refractivity contribution >= 4 is 22.7 Å². The highest BCUT2D eigenvalue weighted by Crippen LogP contribution is 2.36. The lowest BCUT2D eigenvalue weighted by atomic mass is 10.2. The third kappa shape index (κ3) is 4.35. The van der Waals surface area contributed by atoms with Gasteiger partial charge in [-0.15, -0.1) is 0 Å². The molecule has 0 radical (unpaired) electrons. The molecule has 0 bridgehead atoms. The van der Waals surface area contributed by atoms with Crippen molar-refractivity contribution in [3.05, 3.63) is 66.7 Å². The average Bonchev–Trinajstić information content (AvgIpc) is 2.50. The summed E-state index contributed by atoms with van der Waals surface area (Å²) in [6, 6.07) is 7.74. The van der Waals surface area contributed by atoms with Crippen LogP contribution in [-0.2, 0) is 0 Å². The summed E-state index contributed by atoms with van der Waals surface area (Å²) in [6.45, 7) is 0. The zero-order valence-electron chi connectivity index (χ0n) is 11.8. The number of para-hydroxylation sites is 1. The summed E-state index contributed by atoms with van der Waals surface area (Å²) in [7, 11) is 0. The van der Waals surface area contributed by atoms with E-state index in [9.17, 15) is 35.4 Å². The van der Waals surface area contributed by atoms with Gasteiger partial charge in [0.05, 0.1) is 32.7 Å². The Kier molecular flexibility index (Phi) is 5.67. The van der Waals surface area contributed by atoms with E-state index in [-0.39, 0.29) is 5.75 Å². The maximum atomic E-state index is 11.1. The van der Waals surface area contributed by atoms with Crippen molar-refractivity contribution < 1.29 is 30.7 Å². The third-order valence-electron chi connectivity index (χ3n) is 2.63. The molecule has 0 amide bonds. The van der Waals surface area contributed by atoms with Crippen molar-refractivity contribution in [3.63, 3.8) is 0 Å². The lowest BCUT2D eigenvalue weighted by Gasteiger charge is -2.06. The van der Waals surface area contributed by atoms with E-state index in [1.165, 1.54) is 0 Å². The minimum atomic E-state index is -1.46. The van der Waals surface area contributed by atoms with Crippen LogP contribution in [0, 0.1) is 30.3 Å². The number of nitrogens with zero attached hydrogens (tertiary/aromatic N) is 3. The molecule has 0 fully saturated rings. The quantitative estimate of drug-likeness (QED) is 0.602. The first-order valence-electron chi connectivity index (χ1n) is 6.03. The molecule has 0 atom stereocenters. The molecule has 2 rings (SSSR count). The molecular weight excluding hydrogens is 328 g/mol. The van der Waals surface area contributed by atoms with Gasteiger partial charge in [-0.2, -0.15) is 0 Å². The average molecular weight is 338 g/mol. The molecule has 4 N–H and O–H groups in total. The van der Waals surface area contributed by atoms with Gasteiger partial charge >= 0.3 is 0 Å². The van der Waals surface area contributed by atoms with E-state index in [0.29, 0.717) is 17.8 Å². The fraction of sp³-hybridized carbons (Fsp3) is 0. The normalized spacial score (nSPS) is 9.54. The summed E-state index contributed by atoms with van der Waals surface area (Å²) >= 11 is 0. The Hall–Kier alpha value is -3.80. The van der Waals surface area contributed by atoms with Gasteiger partial charge in [0.1, 0.15) is 0 Å². The van der Waals surface area contributed by atoms with E-state index in [2.05, 4.69) is 5.73 Å². The van der Waals surface area contributed by atoms with Gasteiger partial charge in [0.25, 0.3) is 17.1 Å². The second kappa shape index (κ2) is 7.46. The summed E-state index contributed by atoms with van der Waals surface area (Å²) in [5, 5.41) is 51.0. The Morgan fingerprint density at radius 3 is 1.62 bits per heavy atom. The second-order valence-corrected chi connectivity index (χ2v) is 4.21. The highest BCUT2D eigenvalue weighted by molar-refractivity contribution is 5.64. The SMILES string of the molecule is O=[N+]([O-])c1cc([N+](=O)[O-])c([O-])c([N+](=O)[O-])c1.[NH3+]c1ccccc1O. The number of aromatic hydroxyl groups is 1. The minimum Gasteiger partial charge on any atom is -0.863 e. The highest BCUT2D eigenvalue weighted by atomic mass is 16.6. The summed E-state index contributed by atoms with van der Waals surface area (Å²) in [4.78, 5) is 27.5. The van der Waals surface area contributed by atoms with Gasteiger partial charge in [-0.3, -0.25) is 30.3 Å². The van der Waals surface area contributed by atoms with Crippen molar-refractivity contribution in [2.75, 3.05) is 0 Å². The lowest BCUT2D eigenvalue weighted by molar-refractivity contribution is -0.420. The number of benzene rings is 2. The second-order valence-electron chi connectivity index (χ2n) is 4.21. The van der Waals surface area contributed by atoms with Crippen LogP contribution in [-0.4, -0.2) is 19.9 Å². The molecule has 0 aliphatic rings. The van der Waals surface area contributed by atoms with Gasteiger partial charge in [-0.05, 0) is 6.07 Å². The molecule has 126 valence electrons. The van der Waals surface area contributed by atoms with Gasteiger partial charge in [-0.1, -0.05) is 12.1 Å². The van der Waals surface area contributed by atoms with E-state index >= 15 is 0 Å². The number of phenolic OH excluding ortho intramolecular Hbond substituents is 1. The molecule has 0 spiro atoms. The molecular formula is C12H10N4O8. The van der Waals surface area contributed by atoms with Crippen LogP contribution in [0.2, 0.25) is 0 Å². The Balaban J connectivity index is 0.000000300. The molecule has 12 heteroatoms. The minimum absolute atomic E-state index is 0.257. The molecule has 12 nitrogen and oxygen atoms in total. The van der Waals surface area contributed by atoms with Crippen LogP contribution in [0.1, 0.15) is 0 Å². The van der Waals surface area contributed by atoms with Crippen LogP contribution in [0.4, 0.5) is 22.7 Å². The van der Waals surface area contributed by atoms with Gasteiger partial charge in [0, 0.05) is 6.07 Å². The molecule has 0 aliphatic heterocycles. The van der Waals surface area contributed by atoms with E-state index < -0.39 is 37.6 Å². The number of nitro benzene ring substituents is 3. The summed E-state index contributed by atoms with van der Waals surface area (Å²) in [5.41, 5.74) is 0.980. The van der Waals surface area contributed by atoms with E-state index in [1.807, 2.05) is 6.07 Å². The number of hydrogen-bond donors (Lipinski definition) is 2. The maximum Gasteiger partial charge on any atom is 0.283 e. The standard InChI is InChI=1S/C6H3N3O7.C6H7NO/c10-6-4(8(13)14)1-3(7(11)12)2-5(6)9(15)16;7-5-3-1-2-4-6(5)8/h1-2,10H;1-4,8H,7H2. The van der Waals surface area contributed by atoms with Gasteiger partial charge < -0.3 is 15.9 Å². The highest BCUT2D eigenvalue weighted by Gasteiger charge is 2.24. The molecule has 0 saturated heterocycles. The molecule has 24 heavy (non-hydrogen) atoms. The van der Waals surface area contributed by atoms with Crippen LogP contribution in [0.3, 0.4) is 0 Å². The van der Waals surface area contributed by atoms with Crippen molar-refractivity contribution in [3.8, 4) is 11.5 Å². The third-order valence-corrected chi connectivity index (χ3v) is 2.63. The smallest absolute Gasteiger partial charge is 0.283 e. The maximum absolute atomic E-state index is 11.1. The molecule has 0 unspecified atom stereocenters. The van der Waals surface area contributed by atoms with E-state index in [0.717, 1.165) is 0 Å². The fourth-order valence-electron chi connectivity index (χ4n) is 1.47. The molecule has 0 aromatic heterocycles. The van der Waals surface area contributed by atoms with Crippen molar-refractivity contribution in [1.29, 1.82) is 0 Å². The number of quaternary nitrogens is 1. The monoisotopic (exact) mass is 338 g/mol. The van der Waals surface area contributed by atoms with Crippen LogP contribution in [0.15, 0.2) is 36.4 Å². The van der Waals surface area contributed by atoms with Crippen molar-refractivity contribution in [2.24, 2.45) is 0 Å². The fourth-order valence-corrected chi connectivity index (χ4v) is 1.47. The van der Waals surface area contributed by atoms with Crippen LogP contribution in [0.5, 0.6) is 11.5 Å². The predicted molar refractivity (Wildman–Crippen MR) is 76.5 cm³/mol. The number of phenols is 1. The zero-order valence-corrected chi connectivity index (χ0v) is 11.8.